The minimum atomic E-state index is 0.0290. The van der Waals surface area contributed by atoms with Crippen molar-refractivity contribution in [3.8, 4) is 11.5 Å². The van der Waals surface area contributed by atoms with Crippen LogP contribution in [-0.4, -0.2) is 0 Å². The smallest absolute Gasteiger partial charge is 0.141 e. The number of hydrogen-bond donors (Lipinski definition) is 1. The average molecular weight is 327 g/mol. The van der Waals surface area contributed by atoms with Crippen molar-refractivity contribution in [2.24, 2.45) is 5.73 Å². The Labute approximate surface area is 120 Å². The first-order valence-corrected chi connectivity index (χ1v) is 6.72. The minimum Gasteiger partial charge on any atom is -0.456 e. The number of hydrogen-bond acceptors (Lipinski definition) is 2. The molecule has 4 heteroatoms. The van der Waals surface area contributed by atoms with E-state index >= 15 is 0 Å². The van der Waals surface area contributed by atoms with Gasteiger partial charge in [0.15, 0.2) is 0 Å². The third-order valence-electron chi connectivity index (χ3n) is 2.53. The van der Waals surface area contributed by atoms with Gasteiger partial charge in [0.05, 0.1) is 4.47 Å². The summed E-state index contributed by atoms with van der Waals surface area (Å²) in [5.41, 5.74) is 6.88. The lowest BCUT2D eigenvalue weighted by Gasteiger charge is -2.10. The molecule has 0 saturated heterocycles. The summed E-state index contributed by atoms with van der Waals surface area (Å²) >= 11 is 9.29. The van der Waals surface area contributed by atoms with Gasteiger partial charge in [-0.2, -0.15) is 0 Å². The summed E-state index contributed by atoms with van der Waals surface area (Å²) in [6.45, 7) is 1.95. The highest BCUT2D eigenvalue weighted by atomic mass is 79.9. The predicted octanol–water partition coefficient (Wildman–Crippen LogP) is 4.91. The van der Waals surface area contributed by atoms with Crippen LogP contribution in [0.2, 0.25) is 5.02 Å². The van der Waals surface area contributed by atoms with E-state index in [9.17, 15) is 0 Å². The van der Waals surface area contributed by atoms with Crippen LogP contribution < -0.4 is 10.5 Å². The summed E-state index contributed by atoms with van der Waals surface area (Å²) in [7, 11) is 0. The molecule has 0 aliphatic heterocycles. The van der Waals surface area contributed by atoms with Crippen LogP contribution in [0.25, 0.3) is 0 Å². The van der Waals surface area contributed by atoms with E-state index in [4.69, 9.17) is 22.1 Å². The minimum absolute atomic E-state index is 0.0290. The van der Waals surface area contributed by atoms with Crippen LogP contribution in [0.4, 0.5) is 0 Å². The van der Waals surface area contributed by atoms with Crippen molar-refractivity contribution in [2.75, 3.05) is 0 Å². The monoisotopic (exact) mass is 325 g/mol. The molecule has 18 heavy (non-hydrogen) atoms. The number of rotatable bonds is 3. The first kappa shape index (κ1) is 13.4. The Bertz CT molecular complexity index is 540. The van der Waals surface area contributed by atoms with E-state index in [1.807, 2.05) is 37.3 Å². The van der Waals surface area contributed by atoms with Gasteiger partial charge in [-0.3, -0.25) is 0 Å². The molecule has 0 saturated carbocycles. The van der Waals surface area contributed by atoms with Crippen LogP contribution in [0.3, 0.4) is 0 Å². The molecule has 2 aromatic carbocycles. The van der Waals surface area contributed by atoms with E-state index < -0.39 is 0 Å². The Morgan fingerprint density at radius 1 is 1.17 bits per heavy atom. The Kier molecular flexibility index (Phi) is 4.27. The first-order chi connectivity index (χ1) is 8.56. The molecule has 2 rings (SSSR count). The molecule has 0 radical (unpaired) electrons. The Hall–Kier alpha value is -1.03. The van der Waals surface area contributed by atoms with E-state index in [0.29, 0.717) is 5.02 Å². The molecule has 2 aromatic rings. The molecule has 2 nitrogen and oxygen atoms in total. The molecule has 2 N–H and O–H groups in total. The lowest BCUT2D eigenvalue weighted by atomic mass is 10.1. The Morgan fingerprint density at radius 2 is 1.83 bits per heavy atom. The van der Waals surface area contributed by atoms with E-state index in [2.05, 4.69) is 15.9 Å². The van der Waals surface area contributed by atoms with Crippen LogP contribution in [0.1, 0.15) is 18.5 Å². The number of halogens is 2. The molecule has 0 aliphatic rings. The van der Waals surface area contributed by atoms with Crippen LogP contribution >= 0.6 is 27.5 Å². The Balaban J connectivity index is 2.18. The number of nitrogens with two attached hydrogens (primary N) is 1. The molecule has 0 unspecified atom stereocenters. The lowest BCUT2D eigenvalue weighted by Crippen LogP contribution is -2.04. The molecular weight excluding hydrogens is 314 g/mol. The molecule has 0 fully saturated rings. The average Bonchev–Trinajstić information content (AvgIpc) is 2.33. The van der Waals surface area contributed by atoms with Crippen LogP contribution in [0.15, 0.2) is 46.9 Å². The van der Waals surface area contributed by atoms with Gasteiger partial charge in [-0.1, -0.05) is 23.7 Å². The molecule has 0 spiro atoms. The third kappa shape index (κ3) is 3.25. The predicted molar refractivity (Wildman–Crippen MR) is 78.3 cm³/mol. The maximum absolute atomic E-state index is 5.88. The van der Waals surface area contributed by atoms with Gasteiger partial charge in [-0.25, -0.2) is 0 Å². The summed E-state index contributed by atoms with van der Waals surface area (Å²) in [5.74, 6) is 1.50. The second-order valence-electron chi connectivity index (χ2n) is 4.03. The fourth-order valence-electron chi connectivity index (χ4n) is 1.52. The Morgan fingerprint density at radius 3 is 2.39 bits per heavy atom. The molecular formula is C14H13BrClNO. The van der Waals surface area contributed by atoms with E-state index in [1.165, 1.54) is 0 Å². The van der Waals surface area contributed by atoms with E-state index in [-0.39, 0.29) is 6.04 Å². The normalized spacial score (nSPS) is 12.2. The van der Waals surface area contributed by atoms with Crippen molar-refractivity contribution in [1.29, 1.82) is 0 Å². The van der Waals surface area contributed by atoms with Crippen LogP contribution in [0, 0.1) is 0 Å². The first-order valence-electron chi connectivity index (χ1n) is 5.54. The van der Waals surface area contributed by atoms with Gasteiger partial charge >= 0.3 is 0 Å². The zero-order valence-corrected chi connectivity index (χ0v) is 12.2. The fraction of sp³-hybridized carbons (Fsp3) is 0.143. The zero-order valence-electron chi connectivity index (χ0n) is 9.86. The maximum Gasteiger partial charge on any atom is 0.141 e. The third-order valence-corrected chi connectivity index (χ3v) is 3.38. The molecule has 0 bridgehead atoms. The summed E-state index contributed by atoms with van der Waals surface area (Å²) < 4.78 is 6.58. The van der Waals surface area contributed by atoms with Gasteiger partial charge in [0.25, 0.3) is 0 Å². The van der Waals surface area contributed by atoms with Crippen LogP contribution in [0.5, 0.6) is 11.5 Å². The summed E-state index contributed by atoms with van der Waals surface area (Å²) in [6, 6.07) is 13.2. The standard InChI is InChI=1S/C14H13BrClNO/c1-9(17)10-2-5-12(6-3-10)18-14-7-4-11(16)8-13(14)15/h2-9H,17H2,1H3/t9-/m1/s1. The van der Waals surface area contributed by atoms with Crippen molar-refractivity contribution < 1.29 is 4.74 Å². The molecule has 0 heterocycles. The van der Waals surface area contributed by atoms with Gasteiger partial charge in [-0.05, 0) is 58.7 Å². The van der Waals surface area contributed by atoms with Crippen molar-refractivity contribution >= 4 is 27.5 Å². The van der Waals surface area contributed by atoms with Gasteiger partial charge in [0.1, 0.15) is 11.5 Å². The summed E-state index contributed by atoms with van der Waals surface area (Å²) in [6.07, 6.45) is 0. The van der Waals surface area contributed by atoms with Gasteiger partial charge in [0, 0.05) is 11.1 Å². The molecule has 1 atom stereocenters. The number of ether oxygens (including phenoxy) is 1. The second-order valence-corrected chi connectivity index (χ2v) is 5.33. The van der Waals surface area contributed by atoms with Crippen molar-refractivity contribution in [2.45, 2.75) is 13.0 Å². The van der Waals surface area contributed by atoms with Gasteiger partial charge in [-0.15, -0.1) is 0 Å². The maximum atomic E-state index is 5.88. The second kappa shape index (κ2) is 5.74. The van der Waals surface area contributed by atoms with Crippen molar-refractivity contribution in [3.63, 3.8) is 0 Å². The highest BCUT2D eigenvalue weighted by Gasteiger charge is 2.04. The fourth-order valence-corrected chi connectivity index (χ4v) is 2.29. The summed E-state index contributed by atoms with van der Waals surface area (Å²) in [4.78, 5) is 0. The zero-order chi connectivity index (χ0) is 13.1. The van der Waals surface area contributed by atoms with Crippen LogP contribution in [-0.2, 0) is 0 Å². The lowest BCUT2D eigenvalue weighted by molar-refractivity contribution is 0.479. The molecule has 0 aliphatic carbocycles. The van der Waals surface area contributed by atoms with E-state index in [0.717, 1.165) is 21.5 Å². The van der Waals surface area contributed by atoms with Gasteiger partial charge < -0.3 is 10.5 Å². The molecule has 0 aromatic heterocycles. The van der Waals surface area contributed by atoms with E-state index in [1.54, 1.807) is 12.1 Å². The van der Waals surface area contributed by atoms with Gasteiger partial charge in [0.2, 0.25) is 0 Å². The topological polar surface area (TPSA) is 35.2 Å². The number of benzene rings is 2. The van der Waals surface area contributed by atoms with Crippen molar-refractivity contribution in [3.05, 3.63) is 57.5 Å². The highest BCUT2D eigenvalue weighted by Crippen LogP contribution is 2.32. The quantitative estimate of drug-likeness (QED) is 0.869. The summed E-state index contributed by atoms with van der Waals surface area (Å²) in [5, 5.41) is 0.668. The van der Waals surface area contributed by atoms with Crippen molar-refractivity contribution in [1.82, 2.24) is 0 Å². The SMILES string of the molecule is C[C@@H](N)c1ccc(Oc2ccc(Cl)cc2Br)cc1. The molecule has 94 valence electrons. The molecule has 0 amide bonds. The largest absolute Gasteiger partial charge is 0.456 e. The highest BCUT2D eigenvalue weighted by molar-refractivity contribution is 9.10.